The van der Waals surface area contributed by atoms with Gasteiger partial charge in [-0.05, 0) is 32.7 Å². The van der Waals surface area contributed by atoms with E-state index in [-0.39, 0.29) is 0 Å². The van der Waals surface area contributed by atoms with Gasteiger partial charge in [0.25, 0.3) is 0 Å². The molecule has 5 heteroatoms. The lowest BCUT2D eigenvalue weighted by Crippen LogP contribution is -2.46. The molecule has 3 rings (SSSR count). The zero-order valence-electron chi connectivity index (χ0n) is 9.59. The molecule has 88 valence electrons. The smallest absolute Gasteiger partial charge is 0.213 e. The van der Waals surface area contributed by atoms with E-state index in [1.165, 1.54) is 32.1 Å². The molecule has 1 N–H and O–H groups in total. The van der Waals surface area contributed by atoms with Crippen LogP contribution in [0.5, 0.6) is 0 Å². The lowest BCUT2D eigenvalue weighted by molar-refractivity contribution is 0.161. The first-order chi connectivity index (χ1) is 7.81. The van der Waals surface area contributed by atoms with Crippen LogP contribution in [0.4, 0.5) is 0 Å². The number of rotatable bonds is 3. The minimum absolute atomic E-state index is 0.664. The standard InChI is InChI=1S/C11H18N4O/c1-15(6-11-12-7-16-14-11)10-4-8-2-3-9(5-10)13-8/h7-10,13H,2-6H2,1H3. The highest BCUT2D eigenvalue weighted by Gasteiger charge is 2.35. The molecule has 16 heavy (non-hydrogen) atoms. The molecule has 2 unspecified atom stereocenters. The average Bonchev–Trinajstić information content (AvgIpc) is 2.89. The summed E-state index contributed by atoms with van der Waals surface area (Å²) in [6.07, 6.45) is 6.60. The van der Waals surface area contributed by atoms with Crippen molar-refractivity contribution in [3.05, 3.63) is 12.2 Å². The Balaban J connectivity index is 1.60. The molecule has 2 aliphatic heterocycles. The first kappa shape index (κ1) is 10.2. The summed E-state index contributed by atoms with van der Waals surface area (Å²) < 4.78 is 4.76. The third-order valence-electron chi connectivity index (χ3n) is 3.87. The van der Waals surface area contributed by atoms with E-state index >= 15 is 0 Å². The largest absolute Gasteiger partial charge is 0.343 e. The minimum atomic E-state index is 0.664. The van der Waals surface area contributed by atoms with Gasteiger partial charge in [-0.25, -0.2) is 0 Å². The Bertz CT molecular complexity index is 328. The summed E-state index contributed by atoms with van der Waals surface area (Å²) in [4.78, 5) is 6.43. The molecule has 0 saturated carbocycles. The Kier molecular flexibility index (Phi) is 2.65. The van der Waals surface area contributed by atoms with Crippen molar-refractivity contribution in [1.82, 2.24) is 20.4 Å². The van der Waals surface area contributed by atoms with Gasteiger partial charge in [-0.2, -0.15) is 4.98 Å². The lowest BCUT2D eigenvalue weighted by Gasteiger charge is -2.34. The van der Waals surface area contributed by atoms with Gasteiger partial charge in [0, 0.05) is 18.1 Å². The number of hydrogen-bond donors (Lipinski definition) is 1. The van der Waals surface area contributed by atoms with Gasteiger partial charge in [-0.15, -0.1) is 0 Å². The minimum Gasteiger partial charge on any atom is -0.343 e. The number of fused-ring (bicyclic) bond motifs is 2. The van der Waals surface area contributed by atoms with Gasteiger partial charge in [-0.1, -0.05) is 5.16 Å². The second kappa shape index (κ2) is 4.14. The van der Waals surface area contributed by atoms with Crippen molar-refractivity contribution in [2.24, 2.45) is 0 Å². The zero-order valence-corrected chi connectivity index (χ0v) is 9.59. The fraction of sp³-hybridized carbons (Fsp3) is 0.818. The normalized spacial score (nSPS) is 33.5. The fourth-order valence-corrected chi connectivity index (χ4v) is 3.00. The maximum Gasteiger partial charge on any atom is 0.213 e. The molecule has 0 spiro atoms. The Morgan fingerprint density at radius 3 is 2.81 bits per heavy atom. The SMILES string of the molecule is CN(Cc1ncon1)C1CC2CCC(C1)N2. The predicted molar refractivity (Wildman–Crippen MR) is 58.7 cm³/mol. The summed E-state index contributed by atoms with van der Waals surface area (Å²) >= 11 is 0. The molecule has 2 bridgehead atoms. The van der Waals surface area contributed by atoms with Crippen LogP contribution in [0.2, 0.25) is 0 Å². The summed E-state index contributed by atoms with van der Waals surface area (Å²) in [5.74, 6) is 0.786. The van der Waals surface area contributed by atoms with Crippen LogP contribution in [-0.4, -0.2) is 40.2 Å². The Morgan fingerprint density at radius 2 is 2.19 bits per heavy atom. The first-order valence-corrected chi connectivity index (χ1v) is 6.03. The van der Waals surface area contributed by atoms with Crippen LogP contribution in [0.15, 0.2) is 10.9 Å². The van der Waals surface area contributed by atoms with Crippen molar-refractivity contribution >= 4 is 0 Å². The molecular formula is C11H18N4O. The fourth-order valence-electron chi connectivity index (χ4n) is 3.00. The van der Waals surface area contributed by atoms with Crippen LogP contribution < -0.4 is 5.32 Å². The maximum atomic E-state index is 4.76. The summed E-state index contributed by atoms with van der Waals surface area (Å²) in [6.45, 7) is 0.792. The van der Waals surface area contributed by atoms with Crippen molar-refractivity contribution in [3.8, 4) is 0 Å². The van der Waals surface area contributed by atoms with Crippen molar-refractivity contribution < 1.29 is 4.52 Å². The summed E-state index contributed by atoms with van der Waals surface area (Å²) in [7, 11) is 2.16. The first-order valence-electron chi connectivity index (χ1n) is 6.03. The highest BCUT2D eigenvalue weighted by atomic mass is 16.5. The van der Waals surface area contributed by atoms with Crippen molar-refractivity contribution in [1.29, 1.82) is 0 Å². The molecule has 1 aromatic rings. The van der Waals surface area contributed by atoms with Crippen LogP contribution >= 0.6 is 0 Å². The Labute approximate surface area is 95.2 Å². The van der Waals surface area contributed by atoms with E-state index in [1.807, 2.05) is 0 Å². The van der Waals surface area contributed by atoms with Gasteiger partial charge in [-0.3, -0.25) is 4.90 Å². The maximum absolute atomic E-state index is 4.76. The lowest BCUT2D eigenvalue weighted by atomic mass is 9.98. The molecule has 2 aliphatic rings. The van der Waals surface area contributed by atoms with Crippen LogP contribution in [0, 0.1) is 0 Å². The van der Waals surface area contributed by atoms with Crippen LogP contribution in [0.3, 0.4) is 0 Å². The molecule has 5 nitrogen and oxygen atoms in total. The quantitative estimate of drug-likeness (QED) is 0.819. The molecule has 0 aliphatic carbocycles. The Morgan fingerprint density at radius 1 is 1.44 bits per heavy atom. The topological polar surface area (TPSA) is 54.2 Å². The van der Waals surface area contributed by atoms with E-state index < -0.39 is 0 Å². The molecule has 3 heterocycles. The third kappa shape index (κ3) is 1.97. The summed E-state index contributed by atoms with van der Waals surface area (Å²) in [5, 5.41) is 7.52. The molecule has 1 aromatic heterocycles. The van der Waals surface area contributed by atoms with Crippen LogP contribution in [-0.2, 0) is 6.54 Å². The van der Waals surface area contributed by atoms with Crippen LogP contribution in [0.1, 0.15) is 31.5 Å². The van der Waals surface area contributed by atoms with E-state index in [1.54, 1.807) is 0 Å². The third-order valence-corrected chi connectivity index (χ3v) is 3.87. The molecule has 0 radical (unpaired) electrons. The second-order valence-corrected chi connectivity index (χ2v) is 5.03. The van der Waals surface area contributed by atoms with E-state index in [0.29, 0.717) is 6.04 Å². The Hall–Kier alpha value is -0.940. The summed E-state index contributed by atoms with van der Waals surface area (Å²) in [5.41, 5.74) is 0. The van der Waals surface area contributed by atoms with Gasteiger partial charge >= 0.3 is 0 Å². The number of aromatic nitrogens is 2. The number of hydrogen-bond acceptors (Lipinski definition) is 5. The number of nitrogens with zero attached hydrogens (tertiary/aromatic N) is 3. The van der Waals surface area contributed by atoms with Gasteiger partial charge in [0.2, 0.25) is 6.39 Å². The zero-order chi connectivity index (χ0) is 11.0. The highest BCUT2D eigenvalue weighted by Crippen LogP contribution is 2.29. The molecule has 0 amide bonds. The monoisotopic (exact) mass is 222 g/mol. The number of nitrogens with one attached hydrogen (secondary N) is 1. The van der Waals surface area contributed by atoms with E-state index in [9.17, 15) is 0 Å². The van der Waals surface area contributed by atoms with E-state index in [0.717, 1.165) is 24.5 Å². The van der Waals surface area contributed by atoms with Gasteiger partial charge < -0.3 is 9.84 Å². The van der Waals surface area contributed by atoms with Crippen LogP contribution in [0.25, 0.3) is 0 Å². The van der Waals surface area contributed by atoms with Gasteiger partial charge in [0.15, 0.2) is 5.82 Å². The predicted octanol–water partition coefficient (Wildman–Crippen LogP) is 0.784. The molecule has 2 saturated heterocycles. The number of piperidine rings is 1. The van der Waals surface area contributed by atoms with Crippen molar-refractivity contribution in [2.75, 3.05) is 7.05 Å². The molecular weight excluding hydrogens is 204 g/mol. The molecule has 0 aromatic carbocycles. The molecule has 2 fully saturated rings. The average molecular weight is 222 g/mol. The second-order valence-electron chi connectivity index (χ2n) is 5.03. The van der Waals surface area contributed by atoms with Gasteiger partial charge in [0.1, 0.15) is 0 Å². The van der Waals surface area contributed by atoms with Crippen molar-refractivity contribution in [2.45, 2.75) is 50.4 Å². The summed E-state index contributed by atoms with van der Waals surface area (Å²) in [6, 6.07) is 2.13. The van der Waals surface area contributed by atoms with Crippen molar-refractivity contribution in [3.63, 3.8) is 0 Å². The van der Waals surface area contributed by atoms with Gasteiger partial charge in [0.05, 0.1) is 6.54 Å². The van der Waals surface area contributed by atoms with E-state index in [2.05, 4.69) is 27.4 Å². The molecule has 2 atom stereocenters. The highest BCUT2D eigenvalue weighted by molar-refractivity contribution is 4.95. The van der Waals surface area contributed by atoms with E-state index in [4.69, 9.17) is 4.52 Å².